The van der Waals surface area contributed by atoms with E-state index < -0.39 is 6.29 Å². The van der Waals surface area contributed by atoms with Gasteiger partial charge in [0.25, 0.3) is 0 Å². The van der Waals surface area contributed by atoms with Crippen LogP contribution in [0.15, 0.2) is 34.5 Å². The molecule has 0 bridgehead atoms. The molecule has 102 valence electrons. The molecule has 0 amide bonds. The first-order valence-corrected chi connectivity index (χ1v) is 6.26. The minimum Gasteiger partial charge on any atom is -0.346 e. The van der Waals surface area contributed by atoms with Crippen LogP contribution in [-0.2, 0) is 14.5 Å². The first-order valence-electron chi connectivity index (χ1n) is 6.26. The van der Waals surface area contributed by atoms with Crippen molar-refractivity contribution in [1.29, 1.82) is 0 Å². The Morgan fingerprint density at radius 2 is 1.95 bits per heavy atom. The first-order chi connectivity index (χ1) is 9.24. The Kier molecular flexibility index (Phi) is 4.79. The lowest BCUT2D eigenvalue weighted by Gasteiger charge is -2.15. The van der Waals surface area contributed by atoms with Gasteiger partial charge in [-0.3, -0.25) is 0 Å². The van der Waals surface area contributed by atoms with Gasteiger partial charge >= 0.3 is 0 Å². The third-order valence-electron chi connectivity index (χ3n) is 2.78. The standard InChI is InChI=1S/C14H18N2O3/c1-4-18-14(19-17-3)12-7-5-11(6-8-12)13-9-10(2)15-16-13/h5-8,14H,4,9H2,1-3H3. The van der Waals surface area contributed by atoms with Crippen molar-refractivity contribution in [2.45, 2.75) is 26.6 Å². The minimum absolute atomic E-state index is 0.507. The largest absolute Gasteiger partial charge is 0.346 e. The summed E-state index contributed by atoms with van der Waals surface area (Å²) in [4.78, 5) is 9.76. The Bertz CT molecular complexity index is 474. The Morgan fingerprint density at radius 3 is 2.47 bits per heavy atom. The maximum Gasteiger partial charge on any atom is 0.217 e. The summed E-state index contributed by atoms with van der Waals surface area (Å²) in [6, 6.07) is 7.89. The van der Waals surface area contributed by atoms with E-state index >= 15 is 0 Å². The SMILES string of the molecule is CCOC(OOC)c1ccc(C2=NN=C(C)C2)cc1. The van der Waals surface area contributed by atoms with Crippen LogP contribution in [-0.4, -0.2) is 25.1 Å². The second kappa shape index (κ2) is 6.56. The molecule has 2 rings (SSSR count). The van der Waals surface area contributed by atoms with Crippen LogP contribution < -0.4 is 0 Å². The number of ether oxygens (including phenoxy) is 1. The fourth-order valence-electron chi connectivity index (χ4n) is 1.87. The van der Waals surface area contributed by atoms with Gasteiger partial charge in [-0.1, -0.05) is 24.3 Å². The van der Waals surface area contributed by atoms with Crippen molar-refractivity contribution in [3.63, 3.8) is 0 Å². The lowest BCUT2D eigenvalue weighted by atomic mass is 10.0. The molecule has 1 aliphatic heterocycles. The second-order valence-corrected chi connectivity index (χ2v) is 4.23. The molecule has 0 saturated heterocycles. The van der Waals surface area contributed by atoms with E-state index in [1.54, 1.807) is 0 Å². The van der Waals surface area contributed by atoms with Crippen molar-refractivity contribution in [3.8, 4) is 0 Å². The van der Waals surface area contributed by atoms with Crippen molar-refractivity contribution in [2.24, 2.45) is 10.2 Å². The van der Waals surface area contributed by atoms with E-state index in [2.05, 4.69) is 15.1 Å². The summed E-state index contributed by atoms with van der Waals surface area (Å²) in [5, 5.41) is 8.20. The average molecular weight is 262 g/mol. The van der Waals surface area contributed by atoms with Gasteiger partial charge in [-0.05, 0) is 19.4 Å². The highest BCUT2D eigenvalue weighted by molar-refractivity contribution is 6.14. The third-order valence-corrected chi connectivity index (χ3v) is 2.78. The zero-order valence-corrected chi connectivity index (χ0v) is 11.4. The van der Waals surface area contributed by atoms with E-state index in [4.69, 9.17) is 9.62 Å². The Balaban J connectivity index is 2.09. The molecule has 0 saturated carbocycles. The highest BCUT2D eigenvalue weighted by atomic mass is 17.2. The molecule has 5 nitrogen and oxygen atoms in total. The zero-order chi connectivity index (χ0) is 13.7. The van der Waals surface area contributed by atoms with Crippen LogP contribution in [0.4, 0.5) is 0 Å². The average Bonchev–Trinajstić information content (AvgIpc) is 2.85. The van der Waals surface area contributed by atoms with Crippen molar-refractivity contribution < 1.29 is 14.5 Å². The van der Waals surface area contributed by atoms with Crippen LogP contribution >= 0.6 is 0 Å². The molecule has 19 heavy (non-hydrogen) atoms. The molecule has 0 spiro atoms. The van der Waals surface area contributed by atoms with E-state index in [-0.39, 0.29) is 0 Å². The molecule has 1 aromatic rings. The van der Waals surface area contributed by atoms with Crippen LogP contribution in [0.2, 0.25) is 0 Å². The van der Waals surface area contributed by atoms with E-state index in [0.29, 0.717) is 6.61 Å². The van der Waals surface area contributed by atoms with E-state index in [0.717, 1.165) is 29.0 Å². The summed E-state index contributed by atoms with van der Waals surface area (Å²) in [6.07, 6.45) is 0.301. The molecule has 0 fully saturated rings. The molecular weight excluding hydrogens is 244 g/mol. The molecule has 0 N–H and O–H groups in total. The van der Waals surface area contributed by atoms with Gasteiger partial charge in [0, 0.05) is 24.3 Å². The summed E-state index contributed by atoms with van der Waals surface area (Å²) in [7, 11) is 1.47. The van der Waals surface area contributed by atoms with Crippen LogP contribution in [0, 0.1) is 0 Å². The van der Waals surface area contributed by atoms with Crippen LogP contribution in [0.25, 0.3) is 0 Å². The van der Waals surface area contributed by atoms with Crippen molar-refractivity contribution in [2.75, 3.05) is 13.7 Å². The lowest BCUT2D eigenvalue weighted by molar-refractivity contribution is -0.368. The van der Waals surface area contributed by atoms with Gasteiger partial charge in [-0.15, -0.1) is 0 Å². The Labute approximate surface area is 112 Å². The first kappa shape index (κ1) is 13.9. The maximum atomic E-state index is 5.45. The molecule has 1 aliphatic rings. The van der Waals surface area contributed by atoms with Crippen LogP contribution in [0.3, 0.4) is 0 Å². The summed E-state index contributed by atoms with van der Waals surface area (Å²) in [5.41, 5.74) is 4.00. The van der Waals surface area contributed by atoms with Gasteiger partial charge in [-0.25, -0.2) is 4.89 Å². The highest BCUT2D eigenvalue weighted by Crippen LogP contribution is 2.21. The second-order valence-electron chi connectivity index (χ2n) is 4.23. The molecule has 0 aliphatic carbocycles. The van der Waals surface area contributed by atoms with Crippen LogP contribution in [0.5, 0.6) is 0 Å². The molecule has 1 atom stereocenters. The quantitative estimate of drug-likeness (QED) is 0.450. The fraction of sp³-hybridized carbons (Fsp3) is 0.429. The summed E-state index contributed by atoms with van der Waals surface area (Å²) in [6.45, 7) is 4.44. The molecule has 0 radical (unpaired) electrons. The number of rotatable bonds is 6. The summed E-state index contributed by atoms with van der Waals surface area (Å²) >= 11 is 0. The van der Waals surface area contributed by atoms with Gasteiger partial charge < -0.3 is 4.74 Å². The van der Waals surface area contributed by atoms with E-state index in [9.17, 15) is 0 Å². The van der Waals surface area contributed by atoms with Crippen LogP contribution in [0.1, 0.15) is 37.7 Å². The normalized spacial score (nSPS) is 16.2. The Morgan fingerprint density at radius 1 is 1.21 bits per heavy atom. The highest BCUT2D eigenvalue weighted by Gasteiger charge is 2.15. The van der Waals surface area contributed by atoms with Crippen molar-refractivity contribution >= 4 is 11.4 Å². The summed E-state index contributed by atoms with van der Waals surface area (Å²) < 4.78 is 5.45. The smallest absolute Gasteiger partial charge is 0.217 e. The van der Waals surface area contributed by atoms with Gasteiger partial charge in [0.2, 0.25) is 6.29 Å². The molecule has 1 heterocycles. The number of hydrogen-bond acceptors (Lipinski definition) is 5. The maximum absolute atomic E-state index is 5.45. The molecule has 0 aromatic heterocycles. The zero-order valence-electron chi connectivity index (χ0n) is 11.4. The van der Waals surface area contributed by atoms with E-state index in [1.165, 1.54) is 7.11 Å². The van der Waals surface area contributed by atoms with Crippen molar-refractivity contribution in [1.82, 2.24) is 0 Å². The monoisotopic (exact) mass is 262 g/mol. The van der Waals surface area contributed by atoms with Gasteiger partial charge in [0.05, 0.1) is 12.8 Å². The molecule has 1 unspecified atom stereocenters. The number of benzene rings is 1. The molecule has 1 aromatic carbocycles. The van der Waals surface area contributed by atoms with E-state index in [1.807, 2.05) is 38.1 Å². The van der Waals surface area contributed by atoms with Gasteiger partial charge in [-0.2, -0.15) is 15.1 Å². The molecule has 5 heteroatoms. The predicted octanol–water partition coefficient (Wildman–Crippen LogP) is 2.87. The third kappa shape index (κ3) is 3.47. The minimum atomic E-state index is -0.507. The number of hydrogen-bond donors (Lipinski definition) is 0. The molecular formula is C14H18N2O3. The Hall–Kier alpha value is -1.56. The predicted molar refractivity (Wildman–Crippen MR) is 73.2 cm³/mol. The lowest BCUT2D eigenvalue weighted by Crippen LogP contribution is -2.09. The fourth-order valence-corrected chi connectivity index (χ4v) is 1.87. The van der Waals surface area contributed by atoms with Gasteiger partial charge in [0.1, 0.15) is 0 Å². The summed E-state index contributed by atoms with van der Waals surface area (Å²) in [5.74, 6) is 0. The number of nitrogens with zero attached hydrogens (tertiary/aromatic N) is 2. The van der Waals surface area contributed by atoms with Crippen molar-refractivity contribution in [3.05, 3.63) is 35.4 Å². The van der Waals surface area contributed by atoms with Gasteiger partial charge in [0.15, 0.2) is 0 Å². The topological polar surface area (TPSA) is 52.4 Å².